The van der Waals surface area contributed by atoms with E-state index in [0.29, 0.717) is 5.56 Å². The van der Waals surface area contributed by atoms with Crippen LogP contribution in [0, 0.1) is 11.3 Å². The third-order valence-corrected chi connectivity index (χ3v) is 3.33. The first-order valence-electron chi connectivity index (χ1n) is 4.91. The van der Waals surface area contributed by atoms with Crippen molar-refractivity contribution in [3.63, 3.8) is 0 Å². The van der Waals surface area contributed by atoms with Gasteiger partial charge < -0.3 is 5.32 Å². The summed E-state index contributed by atoms with van der Waals surface area (Å²) < 4.78 is 1.87. The molecule has 0 bridgehead atoms. The molecule has 2 nitrogen and oxygen atoms in total. The van der Waals surface area contributed by atoms with Gasteiger partial charge >= 0.3 is 0 Å². The largest absolute Gasteiger partial charge is 0.355 e. The van der Waals surface area contributed by atoms with Crippen LogP contribution in [0.5, 0.6) is 0 Å². The van der Waals surface area contributed by atoms with E-state index < -0.39 is 0 Å². The molecule has 84 valence electrons. The molecule has 0 amide bonds. The van der Waals surface area contributed by atoms with E-state index in [2.05, 4.69) is 43.2 Å². The molecule has 2 rings (SSSR count). The molecular weight excluding hydrogens is 344 g/mol. The quantitative estimate of drug-likeness (QED) is 0.841. The van der Waals surface area contributed by atoms with Crippen LogP contribution in [0.4, 0.5) is 11.4 Å². The third-order valence-electron chi connectivity index (χ3n) is 2.18. The third kappa shape index (κ3) is 3.09. The topological polar surface area (TPSA) is 35.8 Å². The fourth-order valence-corrected chi connectivity index (χ4v) is 2.32. The van der Waals surface area contributed by atoms with Gasteiger partial charge in [0, 0.05) is 14.6 Å². The Hall–Kier alpha value is -1.31. The zero-order chi connectivity index (χ0) is 12.3. The molecule has 0 aliphatic rings. The van der Waals surface area contributed by atoms with Crippen molar-refractivity contribution in [1.82, 2.24) is 0 Å². The minimum Gasteiger partial charge on any atom is -0.355 e. The van der Waals surface area contributed by atoms with Crippen molar-refractivity contribution < 1.29 is 0 Å². The molecule has 0 aliphatic heterocycles. The van der Waals surface area contributed by atoms with Gasteiger partial charge in [0.1, 0.15) is 0 Å². The molecule has 2 aromatic rings. The predicted molar refractivity (Wildman–Crippen MR) is 76.3 cm³/mol. The van der Waals surface area contributed by atoms with E-state index in [1.165, 1.54) is 0 Å². The SMILES string of the molecule is N#Cc1cc(Br)cc(Nc2ccccc2Br)c1. The van der Waals surface area contributed by atoms with Gasteiger partial charge in [-0.3, -0.25) is 0 Å². The Labute approximate surface area is 117 Å². The van der Waals surface area contributed by atoms with E-state index in [0.717, 1.165) is 20.3 Å². The van der Waals surface area contributed by atoms with E-state index in [4.69, 9.17) is 5.26 Å². The first-order chi connectivity index (χ1) is 8.19. The van der Waals surface area contributed by atoms with Gasteiger partial charge in [-0.15, -0.1) is 0 Å². The van der Waals surface area contributed by atoms with Crippen LogP contribution in [0.2, 0.25) is 0 Å². The van der Waals surface area contributed by atoms with Gasteiger partial charge in [-0.1, -0.05) is 28.1 Å². The highest BCUT2D eigenvalue weighted by atomic mass is 79.9. The first kappa shape index (κ1) is 12.2. The second kappa shape index (κ2) is 5.35. The summed E-state index contributed by atoms with van der Waals surface area (Å²) in [6.07, 6.45) is 0. The number of nitrogens with one attached hydrogen (secondary N) is 1. The number of para-hydroxylation sites is 1. The van der Waals surface area contributed by atoms with Crippen LogP contribution in [-0.4, -0.2) is 0 Å². The monoisotopic (exact) mass is 350 g/mol. The van der Waals surface area contributed by atoms with Gasteiger partial charge in [-0.25, -0.2) is 0 Å². The molecule has 0 saturated carbocycles. The van der Waals surface area contributed by atoms with Crippen LogP contribution >= 0.6 is 31.9 Å². The number of nitrogens with zero attached hydrogens (tertiary/aromatic N) is 1. The molecular formula is C13H8Br2N2. The molecule has 0 aliphatic carbocycles. The van der Waals surface area contributed by atoms with Crippen molar-refractivity contribution in [1.29, 1.82) is 5.26 Å². The molecule has 0 fully saturated rings. The zero-order valence-corrected chi connectivity index (χ0v) is 11.9. The summed E-state index contributed by atoms with van der Waals surface area (Å²) in [5.41, 5.74) is 2.46. The average Bonchev–Trinajstić information content (AvgIpc) is 2.31. The second-order valence-corrected chi connectivity index (χ2v) is 5.22. The molecule has 17 heavy (non-hydrogen) atoms. The van der Waals surface area contributed by atoms with E-state index in [1.807, 2.05) is 36.4 Å². The lowest BCUT2D eigenvalue weighted by molar-refractivity contribution is 1.45. The number of benzene rings is 2. The van der Waals surface area contributed by atoms with E-state index >= 15 is 0 Å². The smallest absolute Gasteiger partial charge is 0.0992 e. The van der Waals surface area contributed by atoms with E-state index in [-0.39, 0.29) is 0 Å². The van der Waals surface area contributed by atoms with Gasteiger partial charge in [-0.2, -0.15) is 5.26 Å². The van der Waals surface area contributed by atoms with Crippen LogP contribution in [-0.2, 0) is 0 Å². The molecule has 0 spiro atoms. The maximum atomic E-state index is 8.90. The van der Waals surface area contributed by atoms with Gasteiger partial charge in [0.25, 0.3) is 0 Å². The first-order valence-corrected chi connectivity index (χ1v) is 6.50. The molecule has 0 atom stereocenters. The number of halogens is 2. The molecule has 1 N–H and O–H groups in total. The van der Waals surface area contributed by atoms with Crippen LogP contribution in [0.3, 0.4) is 0 Å². The van der Waals surface area contributed by atoms with Crippen LogP contribution in [0.15, 0.2) is 51.4 Å². The number of rotatable bonds is 2. The second-order valence-electron chi connectivity index (χ2n) is 3.45. The summed E-state index contributed by atoms with van der Waals surface area (Å²) in [4.78, 5) is 0. The van der Waals surface area contributed by atoms with Crippen molar-refractivity contribution in [3.05, 3.63) is 57.0 Å². The molecule has 4 heteroatoms. The number of nitriles is 1. The van der Waals surface area contributed by atoms with Gasteiger partial charge in [0.05, 0.1) is 17.3 Å². The highest BCUT2D eigenvalue weighted by Crippen LogP contribution is 2.27. The lowest BCUT2D eigenvalue weighted by Gasteiger charge is -2.09. The Morgan fingerprint density at radius 2 is 1.82 bits per heavy atom. The molecule has 2 aromatic carbocycles. The maximum absolute atomic E-state index is 8.90. The highest BCUT2D eigenvalue weighted by Gasteiger charge is 2.02. The summed E-state index contributed by atoms with van der Waals surface area (Å²) in [6.45, 7) is 0. The Morgan fingerprint density at radius 3 is 2.53 bits per heavy atom. The summed E-state index contributed by atoms with van der Waals surface area (Å²) >= 11 is 6.85. The van der Waals surface area contributed by atoms with Crippen molar-refractivity contribution in [2.75, 3.05) is 5.32 Å². The Balaban J connectivity index is 2.34. The Bertz CT molecular complexity index is 588. The Morgan fingerprint density at radius 1 is 1.06 bits per heavy atom. The van der Waals surface area contributed by atoms with Crippen molar-refractivity contribution in [2.45, 2.75) is 0 Å². The van der Waals surface area contributed by atoms with Crippen LogP contribution in [0.25, 0.3) is 0 Å². The molecule has 0 heterocycles. The summed E-state index contributed by atoms with van der Waals surface area (Å²) in [5.74, 6) is 0. The fourth-order valence-electron chi connectivity index (χ4n) is 1.44. The van der Waals surface area contributed by atoms with Gasteiger partial charge in [0.2, 0.25) is 0 Å². The molecule has 0 unspecified atom stereocenters. The van der Waals surface area contributed by atoms with Crippen LogP contribution < -0.4 is 5.32 Å². The van der Waals surface area contributed by atoms with Crippen molar-refractivity contribution in [3.8, 4) is 6.07 Å². The van der Waals surface area contributed by atoms with Crippen molar-refractivity contribution >= 4 is 43.2 Å². The van der Waals surface area contributed by atoms with E-state index in [1.54, 1.807) is 6.07 Å². The van der Waals surface area contributed by atoms with Crippen molar-refractivity contribution in [2.24, 2.45) is 0 Å². The predicted octanol–water partition coefficient (Wildman–Crippen LogP) is 4.83. The van der Waals surface area contributed by atoms with Crippen LogP contribution in [0.1, 0.15) is 5.56 Å². The fraction of sp³-hybridized carbons (Fsp3) is 0. The Kier molecular flexibility index (Phi) is 3.82. The number of hydrogen-bond donors (Lipinski definition) is 1. The summed E-state index contributed by atoms with van der Waals surface area (Å²) in [7, 11) is 0. The van der Waals surface area contributed by atoms with Gasteiger partial charge in [-0.05, 0) is 46.3 Å². The standard InChI is InChI=1S/C13H8Br2N2/c14-10-5-9(8-16)6-11(7-10)17-13-4-2-1-3-12(13)15/h1-7,17H. The highest BCUT2D eigenvalue weighted by molar-refractivity contribution is 9.10. The summed E-state index contributed by atoms with van der Waals surface area (Å²) in [6, 6.07) is 15.5. The van der Waals surface area contributed by atoms with Gasteiger partial charge in [0.15, 0.2) is 0 Å². The average molecular weight is 352 g/mol. The van der Waals surface area contributed by atoms with E-state index in [9.17, 15) is 0 Å². The molecule has 0 radical (unpaired) electrons. The minimum absolute atomic E-state index is 0.619. The molecule has 0 saturated heterocycles. The lowest BCUT2D eigenvalue weighted by Crippen LogP contribution is -1.92. The number of anilines is 2. The maximum Gasteiger partial charge on any atom is 0.0992 e. The molecule has 0 aromatic heterocycles. The number of hydrogen-bond acceptors (Lipinski definition) is 2. The lowest BCUT2D eigenvalue weighted by atomic mass is 10.2. The normalized spacial score (nSPS) is 9.71. The summed E-state index contributed by atoms with van der Waals surface area (Å²) in [5, 5.41) is 12.2. The minimum atomic E-state index is 0.619. The zero-order valence-electron chi connectivity index (χ0n) is 8.74.